The Bertz CT molecular complexity index is 3620. The lowest BCUT2D eigenvalue weighted by Crippen LogP contribution is -2.25. The smallest absolute Gasteiger partial charge is 0.200 e. The largest absolute Gasteiger partial charge is 0.294 e. The van der Waals surface area contributed by atoms with Gasteiger partial charge >= 0.3 is 0 Å². The van der Waals surface area contributed by atoms with Gasteiger partial charge in [0.1, 0.15) is 34.1 Å². The molecule has 0 aromatic heterocycles. The minimum atomic E-state index is -3.86. The Balaban J connectivity index is 1.60. The van der Waals surface area contributed by atoms with E-state index in [4.69, 9.17) is 0 Å². The number of hydrogen-bond donors (Lipinski definition) is 0. The van der Waals surface area contributed by atoms with E-state index in [0.29, 0.717) is 0 Å². The van der Waals surface area contributed by atoms with Gasteiger partial charge in [0.05, 0.1) is 32.3 Å². The van der Waals surface area contributed by atoms with Crippen LogP contribution in [0.25, 0.3) is 32.3 Å². The molecule has 74 heavy (non-hydrogen) atoms. The fraction of sp³-hybridized carbons (Fsp3) is 0. The predicted octanol–water partition coefficient (Wildman–Crippen LogP) is 16.3. The van der Waals surface area contributed by atoms with Crippen LogP contribution in [0.1, 0.15) is 0 Å². The monoisotopic (exact) mass is 1100 g/mol. The molecule has 0 N–H and O–H groups in total. The Morgan fingerprint density at radius 1 is 0.108 bits per heavy atom. The van der Waals surface area contributed by atoms with Gasteiger partial charge in [-0.05, 0) is 0 Å². The maximum absolute atomic E-state index is 16.9. The zero-order valence-corrected chi connectivity index (χ0v) is 33.2. The molecule has 0 fully saturated rings. The summed E-state index contributed by atoms with van der Waals surface area (Å²) in [7, 11) is 0. The van der Waals surface area contributed by atoms with Crippen molar-refractivity contribution in [2.24, 2.45) is 0 Å². The number of benzene rings is 8. The fourth-order valence-corrected chi connectivity index (χ4v) is 7.47. The fourth-order valence-electron chi connectivity index (χ4n) is 7.47. The Morgan fingerprint density at radius 3 is 0.378 bits per heavy atom. The van der Waals surface area contributed by atoms with Crippen molar-refractivity contribution in [3.05, 3.63) is 175 Å². The van der Waals surface area contributed by atoms with Crippen molar-refractivity contribution in [2.75, 3.05) is 9.80 Å². The van der Waals surface area contributed by atoms with Gasteiger partial charge in [-0.25, -0.2) is 132 Å². The summed E-state index contributed by atoms with van der Waals surface area (Å²) in [4.78, 5) is -4.03. The lowest BCUT2D eigenvalue weighted by atomic mass is 9.99. The maximum Gasteiger partial charge on any atom is 0.200 e. The molecule has 0 saturated heterocycles. The van der Waals surface area contributed by atoms with Crippen molar-refractivity contribution in [3.8, 4) is 0 Å². The first-order chi connectivity index (χ1) is 34.3. The Hall–Kier alpha value is -7.96. The highest BCUT2D eigenvalue weighted by molar-refractivity contribution is 5.99. The van der Waals surface area contributed by atoms with Crippen molar-refractivity contribution in [2.45, 2.75) is 0 Å². The summed E-state index contributed by atoms with van der Waals surface area (Å²) in [5.74, 6) is -105. The lowest BCUT2D eigenvalue weighted by Gasteiger charge is -2.30. The van der Waals surface area contributed by atoms with Crippen LogP contribution in [0.15, 0.2) is 0 Å². The minimum Gasteiger partial charge on any atom is -0.294 e. The molecule has 0 atom stereocenters. The van der Waals surface area contributed by atoms with Gasteiger partial charge in [0, 0.05) is 0 Å². The predicted molar refractivity (Wildman–Crippen MR) is 187 cm³/mol. The highest BCUT2D eigenvalue weighted by Gasteiger charge is 2.45. The third kappa shape index (κ3) is 6.62. The van der Waals surface area contributed by atoms with Gasteiger partial charge in [-0.3, -0.25) is 9.80 Å². The lowest BCUT2D eigenvalue weighted by molar-refractivity contribution is 0.379. The summed E-state index contributed by atoms with van der Waals surface area (Å²) < 4.78 is 461. The van der Waals surface area contributed by atoms with Crippen molar-refractivity contribution in [1.82, 2.24) is 0 Å². The molecule has 32 heteroatoms. The van der Waals surface area contributed by atoms with Crippen molar-refractivity contribution < 1.29 is 132 Å². The quantitative estimate of drug-likeness (QED) is 0.0930. The van der Waals surface area contributed by atoms with E-state index in [-0.39, 0.29) is 0 Å². The summed E-state index contributed by atoms with van der Waals surface area (Å²) in [5.41, 5.74) is -20.6. The van der Waals surface area contributed by atoms with E-state index in [9.17, 15) is 52.7 Å². The number of halogens is 30. The normalized spacial score (nSPS) is 11.9. The van der Waals surface area contributed by atoms with Crippen LogP contribution in [-0.2, 0) is 0 Å². The highest BCUT2D eigenvalue weighted by atomic mass is 19.2. The summed E-state index contributed by atoms with van der Waals surface area (Å²) in [6.07, 6.45) is 0. The van der Waals surface area contributed by atoms with Gasteiger partial charge in [0.25, 0.3) is 0 Å². The van der Waals surface area contributed by atoms with E-state index in [0.717, 1.165) is 0 Å². The van der Waals surface area contributed by atoms with Crippen LogP contribution >= 0.6 is 0 Å². The first-order valence-corrected chi connectivity index (χ1v) is 18.3. The van der Waals surface area contributed by atoms with Crippen LogP contribution in [0.2, 0.25) is 0 Å². The minimum absolute atomic E-state index is 2.02. The summed E-state index contributed by atoms with van der Waals surface area (Å²) >= 11 is 0. The third-order valence-electron chi connectivity index (χ3n) is 10.7. The first-order valence-electron chi connectivity index (χ1n) is 18.3. The molecule has 0 aliphatic carbocycles. The van der Waals surface area contributed by atoms with Crippen LogP contribution in [0, 0.1) is 175 Å². The zero-order valence-electron chi connectivity index (χ0n) is 33.2. The average Bonchev–Trinajstić information content (AvgIpc) is 3.35. The molecule has 8 aromatic carbocycles. The van der Waals surface area contributed by atoms with Gasteiger partial charge in [-0.1, -0.05) is 0 Å². The van der Waals surface area contributed by atoms with E-state index >= 15 is 79.0 Å². The second-order valence-electron chi connectivity index (χ2n) is 14.4. The number of nitrogens with zero attached hydrogens (tertiary/aromatic N) is 2. The average molecular weight is 1100 g/mol. The molecular weight excluding hydrogens is 1100 g/mol. The van der Waals surface area contributed by atoms with Crippen molar-refractivity contribution >= 4 is 66.4 Å². The second kappa shape index (κ2) is 17.3. The molecule has 0 heterocycles. The van der Waals surface area contributed by atoms with Crippen molar-refractivity contribution in [3.63, 3.8) is 0 Å². The van der Waals surface area contributed by atoms with Crippen LogP contribution in [0.3, 0.4) is 0 Å². The maximum atomic E-state index is 16.9. The Morgan fingerprint density at radius 2 is 0.203 bits per heavy atom. The van der Waals surface area contributed by atoms with Gasteiger partial charge in [-0.2, -0.15) is 0 Å². The molecule has 0 radical (unpaired) electrons. The Labute approximate surface area is 382 Å². The molecule has 0 saturated carbocycles. The Kier molecular flexibility index (Phi) is 12.3. The van der Waals surface area contributed by atoms with Gasteiger partial charge in [-0.15, -0.1) is 0 Å². The number of rotatable bonds is 6. The van der Waals surface area contributed by atoms with Crippen molar-refractivity contribution in [1.29, 1.82) is 0 Å². The SMILES string of the molecule is Fc1c(F)c(F)c(N(c2c(F)c(F)c3c(F)c(F)c(F)c(F)c3c2F)c2c(F)c(F)c3c(F)c(N(c4c(F)c(F)c(F)c(F)c4F)c4c(F)c(F)c5c(F)c(F)c(F)c(F)c5c4F)c(F)c(F)c3c2F)c(F)c1F. The second-order valence-corrected chi connectivity index (χ2v) is 14.4. The van der Waals surface area contributed by atoms with E-state index in [1.54, 1.807) is 0 Å². The van der Waals surface area contributed by atoms with E-state index in [1.807, 2.05) is 0 Å². The van der Waals surface area contributed by atoms with Crippen LogP contribution in [-0.4, -0.2) is 0 Å². The van der Waals surface area contributed by atoms with Crippen LogP contribution in [0.5, 0.6) is 0 Å². The zero-order chi connectivity index (χ0) is 55.4. The highest BCUT2D eigenvalue weighted by Crippen LogP contribution is 2.53. The van der Waals surface area contributed by atoms with Gasteiger partial charge in [0.2, 0.25) is 11.6 Å². The molecule has 0 amide bonds. The molecule has 0 unspecified atom stereocenters. The van der Waals surface area contributed by atoms with Gasteiger partial charge < -0.3 is 0 Å². The molecule has 0 aliphatic heterocycles. The molecule has 0 spiro atoms. The molecule has 0 aliphatic rings. The molecule has 8 rings (SSSR count). The molecule has 0 bridgehead atoms. The number of anilines is 6. The standard InChI is InChI=1S/C42F30N2/c43-7-1-3(9(45)21(57)19(7)55)15(51)37(29(65)11(1)47)73(41-33(69)25(61)23(59)26(62)34(41)70)39-17(53)5-6(13(49)31(39)67)18(54)40(32(68)14(5)50)74(42-35(71)27(63)24(60)28(64)36(42)72)38-16(52)4-2(12(48)30(38)66)8(44)20(56)22(58)10(4)46. The van der Waals surface area contributed by atoms with E-state index in [2.05, 4.69) is 0 Å². The molecule has 8 aromatic rings. The first kappa shape index (κ1) is 52.4. The summed E-state index contributed by atoms with van der Waals surface area (Å²) in [5, 5.41) is -17.8. The number of fused-ring (bicyclic) bond motifs is 3. The van der Waals surface area contributed by atoms with Crippen LogP contribution < -0.4 is 9.80 Å². The molecular formula is C42F30N2. The number of hydrogen-bond acceptors (Lipinski definition) is 2. The summed E-state index contributed by atoms with van der Waals surface area (Å²) in [6.45, 7) is 0. The van der Waals surface area contributed by atoms with Crippen LogP contribution in [0.4, 0.5) is 166 Å². The van der Waals surface area contributed by atoms with E-state index < -0.39 is 251 Å². The summed E-state index contributed by atoms with van der Waals surface area (Å²) in [6, 6.07) is 0. The molecule has 2 nitrogen and oxygen atoms in total. The van der Waals surface area contributed by atoms with Gasteiger partial charge in [0.15, 0.2) is 163 Å². The van der Waals surface area contributed by atoms with E-state index in [1.165, 1.54) is 0 Å². The molecule has 388 valence electrons. The topological polar surface area (TPSA) is 6.48 Å². The third-order valence-corrected chi connectivity index (χ3v) is 10.7.